The van der Waals surface area contributed by atoms with Crippen LogP contribution in [0.2, 0.25) is 0 Å². The fourth-order valence-electron chi connectivity index (χ4n) is 1.22. The minimum Gasteiger partial charge on any atom is -0.398 e. The molecule has 2 rings (SSSR count). The highest BCUT2D eigenvalue weighted by atomic mass is 32.2. The Morgan fingerprint density at radius 1 is 1.29 bits per heavy atom. The molecule has 0 atom stereocenters. The number of aromatic amines is 1. The van der Waals surface area contributed by atoms with Crippen LogP contribution in [-0.4, -0.2) is 9.97 Å². The number of halogens is 1. The van der Waals surface area contributed by atoms with Gasteiger partial charge in [-0.3, -0.25) is 4.79 Å². The lowest BCUT2D eigenvalue weighted by molar-refractivity contribution is 0.627. The molecular formula is C10H9FN4OS. The summed E-state index contributed by atoms with van der Waals surface area (Å²) in [6.45, 7) is 0. The van der Waals surface area contributed by atoms with Gasteiger partial charge in [0.15, 0.2) is 5.16 Å². The second kappa shape index (κ2) is 4.46. The number of nitrogen functional groups attached to an aromatic ring is 2. The van der Waals surface area contributed by atoms with E-state index in [9.17, 15) is 9.18 Å². The van der Waals surface area contributed by atoms with Crippen LogP contribution in [0.4, 0.5) is 15.9 Å². The molecule has 0 radical (unpaired) electrons. The SMILES string of the molecule is Nc1cc(=O)[nH]c(Sc2ccc(F)cc2N)n1. The normalized spacial score (nSPS) is 10.4. The molecule has 1 aromatic carbocycles. The maximum atomic E-state index is 12.8. The standard InChI is InChI=1S/C10H9FN4OS/c11-5-1-2-7(6(12)3-5)17-10-14-8(13)4-9(16)15-10/h1-4H,12H2,(H3,13,14,15,16). The van der Waals surface area contributed by atoms with E-state index in [1.54, 1.807) is 0 Å². The van der Waals surface area contributed by atoms with Crippen molar-refractivity contribution >= 4 is 23.3 Å². The summed E-state index contributed by atoms with van der Waals surface area (Å²) < 4.78 is 12.8. The van der Waals surface area contributed by atoms with Crippen molar-refractivity contribution in [2.75, 3.05) is 11.5 Å². The molecule has 0 unspecified atom stereocenters. The summed E-state index contributed by atoms with van der Waals surface area (Å²) in [4.78, 5) is 18.2. The van der Waals surface area contributed by atoms with Gasteiger partial charge >= 0.3 is 0 Å². The first-order valence-corrected chi connectivity index (χ1v) is 5.46. The van der Waals surface area contributed by atoms with Crippen molar-refractivity contribution in [1.29, 1.82) is 0 Å². The van der Waals surface area contributed by atoms with Crippen LogP contribution in [0.15, 0.2) is 39.1 Å². The van der Waals surface area contributed by atoms with Crippen molar-refractivity contribution < 1.29 is 4.39 Å². The molecule has 0 aliphatic heterocycles. The van der Waals surface area contributed by atoms with Crippen LogP contribution in [-0.2, 0) is 0 Å². The fraction of sp³-hybridized carbons (Fsp3) is 0. The molecule has 0 spiro atoms. The molecule has 0 amide bonds. The van der Waals surface area contributed by atoms with E-state index in [1.165, 1.54) is 24.3 Å². The molecule has 0 aliphatic rings. The zero-order chi connectivity index (χ0) is 12.4. The zero-order valence-electron chi connectivity index (χ0n) is 8.61. The summed E-state index contributed by atoms with van der Waals surface area (Å²) in [5, 5.41) is 0.313. The fourth-order valence-corrected chi connectivity index (χ4v) is 2.04. The number of nitrogens with one attached hydrogen (secondary N) is 1. The maximum absolute atomic E-state index is 12.8. The molecule has 0 saturated carbocycles. The Kier molecular flexibility index (Phi) is 3.01. The molecule has 0 bridgehead atoms. The zero-order valence-corrected chi connectivity index (χ0v) is 9.42. The third-order valence-electron chi connectivity index (χ3n) is 1.92. The van der Waals surface area contributed by atoms with Crippen molar-refractivity contribution in [3.8, 4) is 0 Å². The molecule has 1 heterocycles. The van der Waals surface area contributed by atoms with Gasteiger partial charge in [0.2, 0.25) is 0 Å². The first kappa shape index (κ1) is 11.5. The Morgan fingerprint density at radius 2 is 2.06 bits per heavy atom. The molecule has 0 aliphatic carbocycles. The van der Waals surface area contributed by atoms with Gasteiger partial charge in [-0.25, -0.2) is 9.37 Å². The summed E-state index contributed by atoms with van der Waals surface area (Å²) in [5.74, 6) is -0.294. The summed E-state index contributed by atoms with van der Waals surface area (Å²) in [6.07, 6.45) is 0. The van der Waals surface area contributed by atoms with Gasteiger partial charge in [-0.2, -0.15) is 0 Å². The van der Waals surface area contributed by atoms with Gasteiger partial charge in [0, 0.05) is 16.6 Å². The molecule has 88 valence electrons. The van der Waals surface area contributed by atoms with Gasteiger partial charge in [0.25, 0.3) is 5.56 Å². The van der Waals surface area contributed by atoms with Crippen LogP contribution in [0.25, 0.3) is 0 Å². The number of benzene rings is 1. The van der Waals surface area contributed by atoms with E-state index in [0.717, 1.165) is 11.8 Å². The molecule has 17 heavy (non-hydrogen) atoms. The summed E-state index contributed by atoms with van der Waals surface area (Å²) in [6, 6.07) is 5.17. The smallest absolute Gasteiger partial charge is 0.253 e. The van der Waals surface area contributed by atoms with Crippen molar-refractivity contribution in [3.63, 3.8) is 0 Å². The lowest BCUT2D eigenvalue weighted by Gasteiger charge is -2.04. The highest BCUT2D eigenvalue weighted by molar-refractivity contribution is 7.99. The molecule has 5 N–H and O–H groups in total. The van der Waals surface area contributed by atoms with Gasteiger partial charge < -0.3 is 16.5 Å². The summed E-state index contributed by atoms with van der Waals surface area (Å²) in [5.41, 5.74) is 11.0. The van der Waals surface area contributed by atoms with E-state index in [4.69, 9.17) is 11.5 Å². The van der Waals surface area contributed by atoms with Crippen molar-refractivity contribution in [1.82, 2.24) is 9.97 Å². The Balaban J connectivity index is 2.34. The van der Waals surface area contributed by atoms with Crippen molar-refractivity contribution in [2.45, 2.75) is 10.1 Å². The lowest BCUT2D eigenvalue weighted by atomic mass is 10.3. The van der Waals surface area contributed by atoms with Crippen LogP contribution in [0.5, 0.6) is 0 Å². The van der Waals surface area contributed by atoms with Crippen LogP contribution in [0.3, 0.4) is 0 Å². The Labute approximate surface area is 100 Å². The number of hydrogen-bond acceptors (Lipinski definition) is 5. The van der Waals surface area contributed by atoms with E-state index in [-0.39, 0.29) is 17.1 Å². The number of nitrogens with two attached hydrogens (primary N) is 2. The topological polar surface area (TPSA) is 97.8 Å². The third kappa shape index (κ3) is 2.76. The second-order valence-corrected chi connectivity index (χ2v) is 4.29. The summed E-state index contributed by atoms with van der Waals surface area (Å²) in [7, 11) is 0. The Bertz CT molecular complexity index is 613. The highest BCUT2D eigenvalue weighted by Crippen LogP contribution is 2.29. The van der Waals surface area contributed by atoms with Gasteiger partial charge in [-0.05, 0) is 30.0 Å². The average Bonchev–Trinajstić information content (AvgIpc) is 2.21. The van der Waals surface area contributed by atoms with E-state index in [0.29, 0.717) is 10.1 Å². The van der Waals surface area contributed by atoms with E-state index >= 15 is 0 Å². The van der Waals surface area contributed by atoms with Gasteiger partial charge in [0.05, 0.1) is 0 Å². The van der Waals surface area contributed by atoms with E-state index < -0.39 is 5.82 Å². The number of H-pyrrole nitrogens is 1. The number of hydrogen-bond donors (Lipinski definition) is 3. The van der Waals surface area contributed by atoms with Crippen molar-refractivity contribution in [3.05, 3.63) is 40.4 Å². The minimum atomic E-state index is -0.416. The molecule has 0 fully saturated rings. The predicted octanol–water partition coefficient (Wildman–Crippen LogP) is 1.22. The molecule has 5 nitrogen and oxygen atoms in total. The van der Waals surface area contributed by atoms with Gasteiger partial charge in [-0.1, -0.05) is 0 Å². The number of nitrogens with zero attached hydrogens (tertiary/aromatic N) is 1. The molecule has 7 heteroatoms. The van der Waals surface area contributed by atoms with E-state index in [2.05, 4.69) is 9.97 Å². The van der Waals surface area contributed by atoms with Crippen molar-refractivity contribution in [2.24, 2.45) is 0 Å². The number of aromatic nitrogens is 2. The molecule has 1 aromatic heterocycles. The number of rotatable bonds is 2. The quantitative estimate of drug-likeness (QED) is 0.551. The monoisotopic (exact) mass is 252 g/mol. The maximum Gasteiger partial charge on any atom is 0.253 e. The Hall–Kier alpha value is -2.02. The van der Waals surface area contributed by atoms with Crippen LogP contribution >= 0.6 is 11.8 Å². The second-order valence-electron chi connectivity index (χ2n) is 3.26. The average molecular weight is 252 g/mol. The highest BCUT2D eigenvalue weighted by Gasteiger charge is 2.06. The Morgan fingerprint density at radius 3 is 2.71 bits per heavy atom. The molecule has 0 saturated heterocycles. The first-order chi connectivity index (χ1) is 8.04. The third-order valence-corrected chi connectivity index (χ3v) is 2.90. The van der Waals surface area contributed by atoms with Gasteiger partial charge in [0.1, 0.15) is 11.6 Å². The minimum absolute atomic E-state index is 0.122. The largest absolute Gasteiger partial charge is 0.398 e. The predicted molar refractivity (Wildman–Crippen MR) is 64.2 cm³/mol. The van der Waals surface area contributed by atoms with Crippen LogP contribution < -0.4 is 17.0 Å². The van der Waals surface area contributed by atoms with Crippen LogP contribution in [0, 0.1) is 5.82 Å². The van der Waals surface area contributed by atoms with Crippen LogP contribution in [0.1, 0.15) is 0 Å². The molecule has 2 aromatic rings. The molecular weight excluding hydrogens is 243 g/mol. The lowest BCUT2D eigenvalue weighted by Crippen LogP contribution is -2.09. The first-order valence-electron chi connectivity index (χ1n) is 4.64. The van der Waals surface area contributed by atoms with Gasteiger partial charge in [-0.15, -0.1) is 0 Å². The van der Waals surface area contributed by atoms with E-state index in [1.807, 2.05) is 0 Å². The number of anilines is 2. The summed E-state index contributed by atoms with van der Waals surface area (Å²) >= 11 is 1.11.